The molecule has 180 valence electrons. The third-order valence-electron chi connectivity index (χ3n) is 5.13. The Hall–Kier alpha value is -3.22. The maximum Gasteiger partial charge on any atom is 0.326 e. The molecule has 9 N–H and O–H groups in total. The zero-order chi connectivity index (χ0) is 24.6. The average molecular weight is 457 g/mol. The number of carboxylic acids is 1. The number of rotatable bonds is 12. The highest BCUT2D eigenvalue weighted by Crippen LogP contribution is 2.20. The van der Waals surface area contributed by atoms with Crippen LogP contribution >= 0.6 is 0 Å². The molecule has 1 rings (SSSR count). The Bertz CT molecular complexity index is 756. The molecule has 0 aromatic heterocycles. The highest BCUT2D eigenvalue weighted by atomic mass is 16.4. The van der Waals surface area contributed by atoms with Crippen LogP contribution in [0.15, 0.2) is 0 Å². The van der Waals surface area contributed by atoms with Crippen LogP contribution in [0.1, 0.15) is 46.0 Å². The molecule has 0 aliphatic carbocycles. The zero-order valence-corrected chi connectivity index (χ0v) is 18.2. The summed E-state index contributed by atoms with van der Waals surface area (Å²) < 4.78 is 0. The van der Waals surface area contributed by atoms with E-state index in [1.54, 1.807) is 13.8 Å². The Morgan fingerprint density at radius 3 is 2.19 bits per heavy atom. The molecule has 0 aromatic rings. The molecule has 5 amide bonds. The van der Waals surface area contributed by atoms with Gasteiger partial charge in [0.1, 0.15) is 18.1 Å². The van der Waals surface area contributed by atoms with E-state index in [-0.39, 0.29) is 31.7 Å². The number of hydrogen-bond donors (Lipinski definition) is 6. The van der Waals surface area contributed by atoms with Crippen molar-refractivity contribution in [1.29, 1.82) is 0 Å². The van der Waals surface area contributed by atoms with Crippen LogP contribution < -0.4 is 27.8 Å². The van der Waals surface area contributed by atoms with Crippen molar-refractivity contribution in [2.24, 2.45) is 23.1 Å². The number of likely N-dealkylation sites (tertiary alicyclic amines) is 1. The van der Waals surface area contributed by atoms with E-state index in [0.717, 1.165) is 0 Å². The lowest BCUT2D eigenvalue weighted by atomic mass is 10.0. The van der Waals surface area contributed by atoms with Crippen LogP contribution in [0.3, 0.4) is 0 Å². The van der Waals surface area contributed by atoms with E-state index in [1.165, 1.54) is 4.90 Å². The van der Waals surface area contributed by atoms with Crippen LogP contribution in [0.2, 0.25) is 0 Å². The second-order valence-electron chi connectivity index (χ2n) is 8.10. The summed E-state index contributed by atoms with van der Waals surface area (Å²) in [7, 11) is 0. The number of carbonyl (C=O) groups is 6. The molecule has 13 heteroatoms. The number of aliphatic carboxylic acids is 1. The minimum atomic E-state index is -1.37. The van der Waals surface area contributed by atoms with Gasteiger partial charge in [-0.05, 0) is 25.2 Å². The lowest BCUT2D eigenvalue weighted by Crippen LogP contribution is -2.57. The summed E-state index contributed by atoms with van der Waals surface area (Å²) in [5.74, 6) is -5.23. The fraction of sp³-hybridized carbons (Fsp3) is 0.684. The second-order valence-corrected chi connectivity index (χ2v) is 8.10. The van der Waals surface area contributed by atoms with Gasteiger partial charge in [-0.2, -0.15) is 0 Å². The van der Waals surface area contributed by atoms with E-state index >= 15 is 0 Å². The van der Waals surface area contributed by atoms with Crippen molar-refractivity contribution in [3.63, 3.8) is 0 Å². The van der Waals surface area contributed by atoms with Gasteiger partial charge in [-0.1, -0.05) is 13.8 Å². The summed E-state index contributed by atoms with van der Waals surface area (Å²) in [4.78, 5) is 73.0. The van der Waals surface area contributed by atoms with Gasteiger partial charge >= 0.3 is 5.97 Å². The molecule has 0 bridgehead atoms. The van der Waals surface area contributed by atoms with Crippen molar-refractivity contribution in [3.05, 3.63) is 0 Å². The third kappa shape index (κ3) is 7.80. The summed E-state index contributed by atoms with van der Waals surface area (Å²) in [6, 6.07) is -4.61. The average Bonchev–Trinajstić information content (AvgIpc) is 3.17. The lowest BCUT2D eigenvalue weighted by molar-refractivity contribution is -0.146. The number of nitrogens with zero attached hydrogens (tertiary/aromatic N) is 1. The van der Waals surface area contributed by atoms with Gasteiger partial charge in [0.2, 0.25) is 29.5 Å². The maximum atomic E-state index is 13.1. The maximum absolute atomic E-state index is 13.1. The molecule has 4 unspecified atom stereocenters. The van der Waals surface area contributed by atoms with Crippen molar-refractivity contribution in [3.8, 4) is 0 Å². The van der Waals surface area contributed by atoms with Crippen LogP contribution in [-0.4, -0.2) is 76.2 Å². The van der Waals surface area contributed by atoms with Gasteiger partial charge < -0.3 is 37.8 Å². The van der Waals surface area contributed by atoms with E-state index in [2.05, 4.69) is 10.6 Å². The third-order valence-corrected chi connectivity index (χ3v) is 5.13. The van der Waals surface area contributed by atoms with Gasteiger partial charge in [0.25, 0.3) is 0 Å². The summed E-state index contributed by atoms with van der Waals surface area (Å²) in [5, 5.41) is 14.1. The fourth-order valence-corrected chi connectivity index (χ4v) is 3.38. The van der Waals surface area contributed by atoms with Crippen molar-refractivity contribution >= 4 is 35.5 Å². The van der Waals surface area contributed by atoms with Gasteiger partial charge in [0, 0.05) is 13.0 Å². The van der Waals surface area contributed by atoms with Crippen molar-refractivity contribution in [1.82, 2.24) is 15.5 Å². The number of carboxylic acid groups (broad SMARTS) is 1. The topological polar surface area (TPSA) is 228 Å². The summed E-state index contributed by atoms with van der Waals surface area (Å²) >= 11 is 0. The van der Waals surface area contributed by atoms with E-state index in [0.29, 0.717) is 6.42 Å². The minimum absolute atomic E-state index is 0.0564. The lowest BCUT2D eigenvalue weighted by Gasteiger charge is -2.30. The molecular weight excluding hydrogens is 424 g/mol. The molecule has 1 aliphatic heterocycles. The quantitative estimate of drug-likeness (QED) is 0.179. The number of hydrogen-bond acceptors (Lipinski definition) is 7. The molecule has 1 aliphatic rings. The molecule has 1 heterocycles. The highest BCUT2D eigenvalue weighted by Gasteiger charge is 2.39. The zero-order valence-electron chi connectivity index (χ0n) is 18.2. The van der Waals surface area contributed by atoms with Crippen molar-refractivity contribution in [2.75, 3.05) is 6.54 Å². The van der Waals surface area contributed by atoms with Gasteiger partial charge in [0.15, 0.2) is 0 Å². The Morgan fingerprint density at radius 2 is 1.69 bits per heavy atom. The Morgan fingerprint density at radius 1 is 1.06 bits per heavy atom. The van der Waals surface area contributed by atoms with Crippen LogP contribution in [0.5, 0.6) is 0 Å². The predicted molar refractivity (Wildman–Crippen MR) is 111 cm³/mol. The monoisotopic (exact) mass is 456 g/mol. The molecule has 1 fully saturated rings. The molecule has 32 heavy (non-hydrogen) atoms. The standard InChI is InChI=1S/C19H32N6O7/c1-9(2)15(19(31)32)24-17(29)12-4-3-7-25(12)18(30)11(8-14(22)27)23-16(28)10(20)5-6-13(21)26/h9-12,15H,3-8,20H2,1-2H3,(H2,21,26)(H2,22,27)(H,23,28)(H,24,29)(H,31,32). The number of nitrogens with two attached hydrogens (primary N) is 3. The summed E-state index contributed by atoms with van der Waals surface area (Å²) in [5.41, 5.74) is 15.9. The Labute approximate surface area is 185 Å². The van der Waals surface area contributed by atoms with E-state index in [1.807, 2.05) is 0 Å². The Kier molecular flexibility index (Phi) is 10.0. The molecule has 0 aromatic carbocycles. The van der Waals surface area contributed by atoms with Crippen molar-refractivity contribution in [2.45, 2.75) is 70.1 Å². The summed E-state index contributed by atoms with van der Waals surface area (Å²) in [6.45, 7) is 3.45. The number of nitrogens with one attached hydrogen (secondary N) is 2. The fourth-order valence-electron chi connectivity index (χ4n) is 3.38. The van der Waals surface area contributed by atoms with Crippen LogP contribution in [0.4, 0.5) is 0 Å². The first-order valence-electron chi connectivity index (χ1n) is 10.3. The molecule has 0 radical (unpaired) electrons. The minimum Gasteiger partial charge on any atom is -0.480 e. The molecule has 13 nitrogen and oxygen atoms in total. The van der Waals surface area contributed by atoms with Gasteiger partial charge in [-0.15, -0.1) is 0 Å². The summed E-state index contributed by atoms with van der Waals surface area (Å²) in [6.07, 6.45) is 0.0365. The largest absolute Gasteiger partial charge is 0.480 e. The smallest absolute Gasteiger partial charge is 0.326 e. The van der Waals surface area contributed by atoms with Crippen molar-refractivity contribution < 1.29 is 33.9 Å². The number of amides is 5. The normalized spacial score (nSPS) is 18.5. The number of carbonyl (C=O) groups excluding carboxylic acids is 5. The molecule has 0 spiro atoms. The second kappa shape index (κ2) is 12.0. The van der Waals surface area contributed by atoms with E-state index < -0.39 is 66.1 Å². The molecule has 1 saturated heterocycles. The first kappa shape index (κ1) is 26.8. The van der Waals surface area contributed by atoms with Gasteiger partial charge in [-0.25, -0.2) is 4.79 Å². The first-order valence-corrected chi connectivity index (χ1v) is 10.3. The van der Waals surface area contributed by atoms with Crippen LogP contribution in [0, 0.1) is 5.92 Å². The Balaban J connectivity index is 2.94. The molecule has 0 saturated carbocycles. The van der Waals surface area contributed by atoms with Gasteiger partial charge in [-0.3, -0.25) is 24.0 Å². The molecular formula is C19H32N6O7. The van der Waals surface area contributed by atoms with E-state index in [4.69, 9.17) is 17.2 Å². The van der Waals surface area contributed by atoms with Gasteiger partial charge in [0.05, 0.1) is 12.5 Å². The first-order chi connectivity index (χ1) is 14.8. The van der Waals surface area contributed by atoms with E-state index in [9.17, 15) is 33.9 Å². The number of primary amides is 2. The van der Waals surface area contributed by atoms with Crippen LogP contribution in [0.25, 0.3) is 0 Å². The predicted octanol–water partition coefficient (Wildman–Crippen LogP) is -2.84. The molecule has 4 atom stereocenters. The SMILES string of the molecule is CC(C)C(NC(=O)C1CCCN1C(=O)C(CC(N)=O)NC(=O)C(N)CCC(N)=O)C(=O)O. The van der Waals surface area contributed by atoms with Crippen LogP contribution in [-0.2, 0) is 28.8 Å². The highest BCUT2D eigenvalue weighted by molar-refractivity contribution is 5.96.